The van der Waals surface area contributed by atoms with Crippen LogP contribution in [-0.4, -0.2) is 16.8 Å². The summed E-state index contributed by atoms with van der Waals surface area (Å²) in [5.41, 5.74) is 2.64. The van der Waals surface area contributed by atoms with Crippen LogP contribution in [0, 0.1) is 0 Å². The molecule has 144 valence electrons. The number of aromatic nitrogens is 1. The van der Waals surface area contributed by atoms with E-state index in [1.54, 1.807) is 6.20 Å². The molecule has 0 bridgehead atoms. The van der Waals surface area contributed by atoms with Gasteiger partial charge in [0.25, 0.3) is 0 Å². The highest BCUT2D eigenvalue weighted by Crippen LogP contribution is 2.20. The summed E-state index contributed by atoms with van der Waals surface area (Å²) in [5.74, 6) is 1.22. The van der Waals surface area contributed by atoms with Crippen LogP contribution in [0.5, 0.6) is 0 Å². The molecular weight excluding hydrogens is 354 g/mol. The molecule has 0 aliphatic carbocycles. The van der Waals surface area contributed by atoms with Crippen LogP contribution in [0.3, 0.4) is 0 Å². The smallest absolute Gasteiger partial charge is 0.221 e. The number of nitrogens with zero attached hydrogens (tertiary/aromatic N) is 1. The molecular formula is C22H23N3O3. The van der Waals surface area contributed by atoms with Crippen LogP contribution in [0.4, 0.5) is 5.69 Å². The molecule has 0 radical (unpaired) electrons. The molecule has 0 saturated heterocycles. The number of benzene rings is 2. The number of nitrogens with one attached hydrogen (secondary N) is 2. The first-order chi connectivity index (χ1) is 13.6. The van der Waals surface area contributed by atoms with Crippen molar-refractivity contribution in [3.05, 3.63) is 72.2 Å². The zero-order chi connectivity index (χ0) is 19.8. The highest BCUT2D eigenvalue weighted by Gasteiger charge is 2.08. The van der Waals surface area contributed by atoms with Crippen molar-refractivity contribution in [2.45, 2.75) is 32.7 Å². The van der Waals surface area contributed by atoms with E-state index in [4.69, 9.17) is 4.42 Å². The fraction of sp³-hybridized carbons (Fsp3) is 0.227. The van der Waals surface area contributed by atoms with Gasteiger partial charge in [0.1, 0.15) is 0 Å². The van der Waals surface area contributed by atoms with E-state index in [2.05, 4.69) is 15.6 Å². The number of rotatable bonds is 8. The first-order valence-electron chi connectivity index (χ1n) is 9.23. The molecule has 2 N–H and O–H groups in total. The van der Waals surface area contributed by atoms with Crippen LogP contribution >= 0.6 is 0 Å². The minimum atomic E-state index is -0.122. The molecule has 6 heteroatoms. The van der Waals surface area contributed by atoms with Gasteiger partial charge in [-0.1, -0.05) is 42.5 Å². The Morgan fingerprint density at radius 1 is 1.07 bits per heavy atom. The topological polar surface area (TPSA) is 84.2 Å². The van der Waals surface area contributed by atoms with Crippen LogP contribution in [-0.2, 0) is 22.6 Å². The summed E-state index contributed by atoms with van der Waals surface area (Å²) in [6.45, 7) is 1.88. The normalized spacial score (nSPS) is 10.5. The number of aryl methyl sites for hydroxylation is 1. The summed E-state index contributed by atoms with van der Waals surface area (Å²) in [5, 5.41) is 5.62. The molecule has 0 atom stereocenters. The van der Waals surface area contributed by atoms with Crippen LogP contribution in [0.15, 0.2) is 65.2 Å². The fourth-order valence-corrected chi connectivity index (χ4v) is 2.81. The Morgan fingerprint density at radius 2 is 1.89 bits per heavy atom. The summed E-state index contributed by atoms with van der Waals surface area (Å²) in [6.07, 6.45) is 3.38. The van der Waals surface area contributed by atoms with Crippen LogP contribution in [0.1, 0.15) is 31.2 Å². The second-order valence-corrected chi connectivity index (χ2v) is 6.50. The van der Waals surface area contributed by atoms with Gasteiger partial charge in [0.05, 0.1) is 6.20 Å². The molecule has 2 aromatic carbocycles. The lowest BCUT2D eigenvalue weighted by molar-refractivity contribution is -0.121. The van der Waals surface area contributed by atoms with Gasteiger partial charge in [-0.3, -0.25) is 9.59 Å². The molecule has 0 spiro atoms. The summed E-state index contributed by atoms with van der Waals surface area (Å²) in [7, 11) is 0. The van der Waals surface area contributed by atoms with E-state index >= 15 is 0 Å². The number of anilines is 1. The lowest BCUT2D eigenvalue weighted by Crippen LogP contribution is -2.22. The zero-order valence-electron chi connectivity index (χ0n) is 15.8. The van der Waals surface area contributed by atoms with Gasteiger partial charge >= 0.3 is 0 Å². The van der Waals surface area contributed by atoms with E-state index in [0.717, 1.165) is 22.6 Å². The number of hydrogen-bond donors (Lipinski definition) is 2. The van der Waals surface area contributed by atoms with Gasteiger partial charge < -0.3 is 15.1 Å². The van der Waals surface area contributed by atoms with Crippen molar-refractivity contribution in [1.82, 2.24) is 10.3 Å². The van der Waals surface area contributed by atoms with Crippen molar-refractivity contribution in [2.24, 2.45) is 0 Å². The van der Waals surface area contributed by atoms with Crippen LogP contribution in [0.2, 0.25) is 0 Å². The van der Waals surface area contributed by atoms with E-state index < -0.39 is 0 Å². The van der Waals surface area contributed by atoms with Gasteiger partial charge in [-0.2, -0.15) is 0 Å². The summed E-state index contributed by atoms with van der Waals surface area (Å²) in [4.78, 5) is 27.5. The fourth-order valence-electron chi connectivity index (χ4n) is 2.81. The Labute approximate surface area is 164 Å². The van der Waals surface area contributed by atoms with Gasteiger partial charge in [-0.05, 0) is 24.1 Å². The molecule has 0 aliphatic rings. The number of amides is 2. The van der Waals surface area contributed by atoms with Crippen molar-refractivity contribution in [3.63, 3.8) is 0 Å². The monoisotopic (exact) mass is 377 g/mol. The SMILES string of the molecule is CC(=O)Nc1cccc(CNC(=O)CCCc2ncc(-c3ccccc3)o2)c1. The van der Waals surface area contributed by atoms with E-state index in [1.807, 2.05) is 54.6 Å². The predicted octanol–water partition coefficient (Wildman–Crippen LogP) is 3.94. The lowest BCUT2D eigenvalue weighted by Gasteiger charge is -2.07. The number of hydrogen-bond acceptors (Lipinski definition) is 4. The third-order valence-corrected chi connectivity index (χ3v) is 4.14. The molecule has 28 heavy (non-hydrogen) atoms. The molecule has 0 saturated carbocycles. The predicted molar refractivity (Wildman–Crippen MR) is 107 cm³/mol. The van der Waals surface area contributed by atoms with Gasteiger partial charge in [-0.15, -0.1) is 0 Å². The Balaban J connectivity index is 1.42. The van der Waals surface area contributed by atoms with Crippen LogP contribution < -0.4 is 10.6 Å². The van der Waals surface area contributed by atoms with E-state index in [0.29, 0.717) is 31.7 Å². The van der Waals surface area contributed by atoms with Crippen molar-refractivity contribution in [2.75, 3.05) is 5.32 Å². The Bertz CT molecular complexity index is 935. The standard InChI is InChI=1S/C22H23N3O3/c1-16(26)25-19-10-5-7-17(13-19)14-23-21(27)11-6-12-22-24-15-20(28-22)18-8-3-2-4-9-18/h2-5,7-10,13,15H,6,11-12,14H2,1H3,(H,23,27)(H,25,26). The average molecular weight is 377 g/mol. The lowest BCUT2D eigenvalue weighted by atomic mass is 10.2. The van der Waals surface area contributed by atoms with E-state index in [-0.39, 0.29) is 11.8 Å². The first kappa shape index (κ1) is 19.4. The quantitative estimate of drug-likeness (QED) is 0.623. The van der Waals surface area contributed by atoms with Crippen molar-refractivity contribution in [3.8, 4) is 11.3 Å². The highest BCUT2D eigenvalue weighted by atomic mass is 16.4. The van der Waals surface area contributed by atoms with Crippen molar-refractivity contribution < 1.29 is 14.0 Å². The first-order valence-corrected chi connectivity index (χ1v) is 9.23. The minimum absolute atomic E-state index is 0.0280. The molecule has 3 rings (SSSR count). The minimum Gasteiger partial charge on any atom is -0.441 e. The second-order valence-electron chi connectivity index (χ2n) is 6.50. The number of carbonyl (C=O) groups is 2. The van der Waals surface area contributed by atoms with E-state index in [9.17, 15) is 9.59 Å². The zero-order valence-corrected chi connectivity index (χ0v) is 15.8. The van der Waals surface area contributed by atoms with Crippen molar-refractivity contribution in [1.29, 1.82) is 0 Å². The Morgan fingerprint density at radius 3 is 2.68 bits per heavy atom. The molecule has 1 aromatic heterocycles. The van der Waals surface area contributed by atoms with Gasteiger partial charge in [-0.25, -0.2) is 4.98 Å². The summed E-state index contributed by atoms with van der Waals surface area (Å²) in [6, 6.07) is 17.2. The molecule has 6 nitrogen and oxygen atoms in total. The van der Waals surface area contributed by atoms with Gasteiger partial charge in [0.15, 0.2) is 11.7 Å². The maximum absolute atomic E-state index is 12.1. The second kappa shape index (κ2) is 9.50. The average Bonchev–Trinajstić information content (AvgIpc) is 3.16. The largest absolute Gasteiger partial charge is 0.441 e. The van der Waals surface area contributed by atoms with Gasteiger partial charge in [0, 0.05) is 37.6 Å². The van der Waals surface area contributed by atoms with Crippen LogP contribution in [0.25, 0.3) is 11.3 Å². The Hall–Kier alpha value is -3.41. The summed E-state index contributed by atoms with van der Waals surface area (Å²) < 4.78 is 5.75. The van der Waals surface area contributed by atoms with Gasteiger partial charge in [0.2, 0.25) is 11.8 Å². The van der Waals surface area contributed by atoms with E-state index in [1.165, 1.54) is 6.92 Å². The molecule has 2 amide bonds. The maximum atomic E-state index is 12.1. The number of oxazole rings is 1. The molecule has 0 fully saturated rings. The highest BCUT2D eigenvalue weighted by molar-refractivity contribution is 5.88. The molecule has 0 aliphatic heterocycles. The van der Waals surface area contributed by atoms with Crippen molar-refractivity contribution >= 4 is 17.5 Å². The molecule has 0 unspecified atom stereocenters. The maximum Gasteiger partial charge on any atom is 0.221 e. The molecule has 3 aromatic rings. The third-order valence-electron chi connectivity index (χ3n) is 4.14. The Kier molecular flexibility index (Phi) is 6.57. The third kappa shape index (κ3) is 5.81. The molecule has 1 heterocycles. The number of carbonyl (C=O) groups excluding carboxylic acids is 2. The summed E-state index contributed by atoms with van der Waals surface area (Å²) >= 11 is 0.